The molecule has 0 aromatic heterocycles. The number of amides is 2. The molecule has 0 aromatic carbocycles. The zero-order valence-electron chi connectivity index (χ0n) is 13.4. The third kappa shape index (κ3) is 5.73. The number of alkyl halides is 3. The number of nitrogens with zero attached hydrogens (tertiary/aromatic N) is 2. The fourth-order valence-corrected chi connectivity index (χ4v) is 2.33. The van der Waals surface area contributed by atoms with Crippen LogP contribution in [0.2, 0.25) is 0 Å². The van der Waals surface area contributed by atoms with Gasteiger partial charge in [0, 0.05) is 13.6 Å². The molecule has 0 spiro atoms. The molecule has 1 fully saturated rings. The van der Waals surface area contributed by atoms with Gasteiger partial charge in [0.1, 0.15) is 18.2 Å². The van der Waals surface area contributed by atoms with Gasteiger partial charge in [0.2, 0.25) is 5.91 Å². The molecule has 128 valence electrons. The van der Waals surface area contributed by atoms with Crippen molar-refractivity contribution >= 4 is 12.0 Å². The van der Waals surface area contributed by atoms with Gasteiger partial charge in [0.25, 0.3) is 0 Å². The molecule has 0 aromatic rings. The Hall–Kier alpha value is -1.47. The molecule has 2 amide bonds. The Bertz CT molecular complexity index is 419. The number of hydrogen-bond donors (Lipinski definition) is 0. The zero-order chi connectivity index (χ0) is 17.1. The van der Waals surface area contributed by atoms with Gasteiger partial charge in [-0.15, -0.1) is 0 Å². The number of halogens is 3. The summed E-state index contributed by atoms with van der Waals surface area (Å²) in [6.45, 7) is 4.07. The van der Waals surface area contributed by atoms with Crippen molar-refractivity contribution in [3.05, 3.63) is 0 Å². The van der Waals surface area contributed by atoms with E-state index in [0.717, 1.165) is 7.05 Å². The second kappa shape index (κ2) is 6.75. The van der Waals surface area contributed by atoms with Crippen LogP contribution in [-0.4, -0.2) is 59.8 Å². The Kier molecular flexibility index (Phi) is 5.70. The van der Waals surface area contributed by atoms with Gasteiger partial charge in [-0.1, -0.05) is 0 Å². The van der Waals surface area contributed by atoms with Gasteiger partial charge < -0.3 is 9.64 Å². The largest absolute Gasteiger partial charge is 0.444 e. The van der Waals surface area contributed by atoms with Crippen molar-refractivity contribution in [1.29, 1.82) is 0 Å². The topological polar surface area (TPSA) is 49.9 Å². The number of hydrogen-bond acceptors (Lipinski definition) is 3. The minimum Gasteiger partial charge on any atom is -0.444 e. The average molecular weight is 324 g/mol. The molecule has 1 rings (SSSR count). The highest BCUT2D eigenvalue weighted by molar-refractivity contribution is 5.85. The van der Waals surface area contributed by atoms with Crippen molar-refractivity contribution in [1.82, 2.24) is 9.80 Å². The van der Waals surface area contributed by atoms with E-state index in [0.29, 0.717) is 30.7 Å². The molecule has 1 heterocycles. The first-order chi connectivity index (χ1) is 9.91. The van der Waals surface area contributed by atoms with E-state index < -0.39 is 36.4 Å². The Labute approximate surface area is 128 Å². The van der Waals surface area contributed by atoms with Gasteiger partial charge in [0.15, 0.2) is 0 Å². The monoisotopic (exact) mass is 324 g/mol. The Balaban J connectivity index is 2.80. The van der Waals surface area contributed by atoms with Crippen LogP contribution < -0.4 is 0 Å². The maximum atomic E-state index is 12.4. The molecular weight excluding hydrogens is 301 g/mol. The summed E-state index contributed by atoms with van der Waals surface area (Å²) in [5, 5.41) is 0. The molecule has 0 radical (unpaired) electrons. The van der Waals surface area contributed by atoms with Crippen molar-refractivity contribution in [2.75, 3.05) is 20.1 Å². The highest BCUT2D eigenvalue weighted by Crippen LogP contribution is 2.23. The summed E-state index contributed by atoms with van der Waals surface area (Å²) in [4.78, 5) is 26.2. The van der Waals surface area contributed by atoms with E-state index in [9.17, 15) is 22.8 Å². The summed E-state index contributed by atoms with van der Waals surface area (Å²) in [6.07, 6.45) is -3.39. The average Bonchev–Trinajstić information content (AvgIpc) is 2.33. The summed E-state index contributed by atoms with van der Waals surface area (Å²) in [7, 11) is 1.09. The third-order valence-electron chi connectivity index (χ3n) is 3.21. The van der Waals surface area contributed by atoms with Crippen molar-refractivity contribution in [3.63, 3.8) is 0 Å². The van der Waals surface area contributed by atoms with Crippen LogP contribution in [0.4, 0.5) is 18.0 Å². The van der Waals surface area contributed by atoms with Crippen molar-refractivity contribution in [2.45, 2.75) is 57.9 Å². The number of carbonyl (C=O) groups excluding carboxylic acids is 2. The summed E-state index contributed by atoms with van der Waals surface area (Å²) >= 11 is 0. The lowest BCUT2D eigenvalue weighted by atomic mass is 10.0. The number of carbonyl (C=O) groups is 2. The molecule has 0 saturated carbocycles. The minimum atomic E-state index is -4.46. The van der Waals surface area contributed by atoms with Crippen LogP contribution in [0.15, 0.2) is 0 Å². The van der Waals surface area contributed by atoms with Crippen LogP contribution in [0.1, 0.15) is 40.0 Å². The number of likely N-dealkylation sites (tertiary alicyclic amines) is 1. The van der Waals surface area contributed by atoms with Gasteiger partial charge in [-0.3, -0.25) is 9.69 Å². The fourth-order valence-electron chi connectivity index (χ4n) is 2.33. The maximum Gasteiger partial charge on any atom is 0.410 e. The van der Waals surface area contributed by atoms with Crippen LogP contribution >= 0.6 is 0 Å². The quantitative estimate of drug-likeness (QED) is 0.785. The van der Waals surface area contributed by atoms with E-state index in [1.807, 2.05) is 0 Å². The van der Waals surface area contributed by atoms with Crippen LogP contribution in [0.5, 0.6) is 0 Å². The van der Waals surface area contributed by atoms with E-state index in [2.05, 4.69) is 0 Å². The Morgan fingerprint density at radius 3 is 2.32 bits per heavy atom. The summed E-state index contributed by atoms with van der Waals surface area (Å²) in [5.41, 5.74) is -0.722. The molecule has 0 N–H and O–H groups in total. The second-order valence-electron chi connectivity index (χ2n) is 6.49. The number of piperidine rings is 1. The van der Waals surface area contributed by atoms with E-state index in [-0.39, 0.29) is 0 Å². The lowest BCUT2D eigenvalue weighted by Crippen LogP contribution is -2.54. The van der Waals surface area contributed by atoms with Crippen LogP contribution in [0.25, 0.3) is 0 Å². The Morgan fingerprint density at radius 1 is 1.23 bits per heavy atom. The van der Waals surface area contributed by atoms with Crippen molar-refractivity contribution in [3.8, 4) is 0 Å². The number of likely N-dealkylation sites (N-methyl/N-ethyl adjacent to an activating group) is 1. The molecule has 1 aliphatic heterocycles. The standard InChI is InChI=1S/C14H23F3N2O3/c1-13(2,3)22-12(21)19-8-6-5-7-10(19)11(20)18(4)9-14(15,16)17/h10H,5-9H2,1-4H3/t10-/m1/s1. The lowest BCUT2D eigenvalue weighted by molar-refractivity contribution is -0.162. The van der Waals surface area contributed by atoms with Crippen molar-refractivity contribution < 1.29 is 27.5 Å². The summed E-state index contributed by atoms with van der Waals surface area (Å²) in [5.74, 6) is -0.706. The van der Waals surface area contributed by atoms with Crippen molar-refractivity contribution in [2.24, 2.45) is 0 Å². The first-order valence-corrected chi connectivity index (χ1v) is 7.22. The van der Waals surface area contributed by atoms with Gasteiger partial charge in [-0.25, -0.2) is 4.79 Å². The van der Waals surface area contributed by atoms with Crippen LogP contribution in [0, 0.1) is 0 Å². The summed E-state index contributed by atoms with van der Waals surface area (Å²) in [6, 6.07) is -0.893. The van der Waals surface area contributed by atoms with E-state index in [1.54, 1.807) is 20.8 Å². The highest BCUT2D eigenvalue weighted by atomic mass is 19.4. The molecule has 0 aliphatic carbocycles. The third-order valence-corrected chi connectivity index (χ3v) is 3.21. The van der Waals surface area contributed by atoms with Crippen LogP contribution in [0.3, 0.4) is 0 Å². The molecule has 5 nitrogen and oxygen atoms in total. The maximum absolute atomic E-state index is 12.4. The molecule has 1 aliphatic rings. The highest BCUT2D eigenvalue weighted by Gasteiger charge is 2.39. The van der Waals surface area contributed by atoms with Gasteiger partial charge >= 0.3 is 12.3 Å². The minimum absolute atomic E-state index is 0.311. The predicted molar refractivity (Wildman–Crippen MR) is 74.3 cm³/mol. The van der Waals surface area contributed by atoms with Crippen LogP contribution in [-0.2, 0) is 9.53 Å². The van der Waals surface area contributed by atoms with Gasteiger partial charge in [-0.2, -0.15) is 13.2 Å². The lowest BCUT2D eigenvalue weighted by Gasteiger charge is -2.37. The molecule has 22 heavy (non-hydrogen) atoms. The molecule has 0 unspecified atom stereocenters. The number of ether oxygens (including phenoxy) is 1. The molecular formula is C14H23F3N2O3. The predicted octanol–water partition coefficient (Wildman–Crippen LogP) is 2.80. The molecule has 8 heteroatoms. The SMILES string of the molecule is CN(CC(F)(F)F)C(=O)[C@H]1CCCCN1C(=O)OC(C)(C)C. The number of rotatable bonds is 2. The molecule has 1 saturated heterocycles. The smallest absolute Gasteiger partial charge is 0.410 e. The van der Waals surface area contributed by atoms with E-state index in [4.69, 9.17) is 4.74 Å². The Morgan fingerprint density at radius 2 is 1.82 bits per heavy atom. The molecule has 1 atom stereocenters. The van der Waals surface area contributed by atoms with Gasteiger partial charge in [-0.05, 0) is 40.0 Å². The summed E-state index contributed by atoms with van der Waals surface area (Å²) < 4.78 is 42.5. The van der Waals surface area contributed by atoms with E-state index in [1.165, 1.54) is 4.90 Å². The normalized spacial score (nSPS) is 19.8. The first kappa shape index (κ1) is 18.6. The van der Waals surface area contributed by atoms with Gasteiger partial charge in [0.05, 0.1) is 0 Å². The molecule has 0 bridgehead atoms. The zero-order valence-corrected chi connectivity index (χ0v) is 13.4. The fraction of sp³-hybridized carbons (Fsp3) is 0.857. The first-order valence-electron chi connectivity index (χ1n) is 7.22. The van der Waals surface area contributed by atoms with E-state index >= 15 is 0 Å². The second-order valence-corrected chi connectivity index (χ2v) is 6.49.